The van der Waals surface area contributed by atoms with Crippen LogP contribution in [0.3, 0.4) is 0 Å². The van der Waals surface area contributed by atoms with Crippen molar-refractivity contribution in [1.82, 2.24) is 0 Å². The van der Waals surface area contributed by atoms with E-state index in [1.54, 1.807) is 30.3 Å². The standard InChI is InChI=1S/C15H12ClIN2O2/c1-9(20)18-12-6-7-14(13(16)8-12)19-15(21)10-2-4-11(17)5-3-10/h2-8H,1H3,(H,18,20)(H,19,21). The summed E-state index contributed by atoms with van der Waals surface area (Å²) in [4.78, 5) is 23.1. The third-order valence-electron chi connectivity index (χ3n) is 2.64. The Labute approximate surface area is 141 Å². The molecule has 2 aromatic carbocycles. The first-order valence-electron chi connectivity index (χ1n) is 6.10. The molecule has 2 N–H and O–H groups in total. The third kappa shape index (κ3) is 4.44. The van der Waals surface area contributed by atoms with Gasteiger partial charge in [-0.05, 0) is 65.1 Å². The molecule has 0 fully saturated rings. The lowest BCUT2D eigenvalue weighted by atomic mass is 10.2. The van der Waals surface area contributed by atoms with Gasteiger partial charge in [-0.1, -0.05) is 11.6 Å². The fraction of sp³-hybridized carbons (Fsp3) is 0.0667. The van der Waals surface area contributed by atoms with Crippen LogP contribution < -0.4 is 10.6 Å². The van der Waals surface area contributed by atoms with Gasteiger partial charge in [0.25, 0.3) is 5.91 Å². The Kier molecular flexibility index (Phi) is 5.19. The first-order valence-corrected chi connectivity index (χ1v) is 7.55. The Morgan fingerprint density at radius 1 is 1.05 bits per heavy atom. The van der Waals surface area contributed by atoms with Gasteiger partial charge in [-0.25, -0.2) is 0 Å². The summed E-state index contributed by atoms with van der Waals surface area (Å²) in [6.45, 7) is 1.42. The predicted molar refractivity (Wildman–Crippen MR) is 92.9 cm³/mol. The van der Waals surface area contributed by atoms with Crippen molar-refractivity contribution in [3.8, 4) is 0 Å². The van der Waals surface area contributed by atoms with Crippen LogP contribution in [0.25, 0.3) is 0 Å². The monoisotopic (exact) mass is 414 g/mol. The Hall–Kier alpha value is -1.60. The Bertz CT molecular complexity index is 687. The highest BCUT2D eigenvalue weighted by atomic mass is 127. The van der Waals surface area contributed by atoms with E-state index in [4.69, 9.17) is 11.6 Å². The van der Waals surface area contributed by atoms with E-state index in [9.17, 15) is 9.59 Å². The number of carbonyl (C=O) groups is 2. The molecule has 0 heterocycles. The van der Waals surface area contributed by atoms with E-state index in [1.807, 2.05) is 12.1 Å². The maximum absolute atomic E-state index is 12.1. The van der Waals surface area contributed by atoms with E-state index in [-0.39, 0.29) is 11.8 Å². The van der Waals surface area contributed by atoms with Crippen LogP contribution in [-0.2, 0) is 4.79 Å². The molecule has 108 valence electrons. The van der Waals surface area contributed by atoms with Gasteiger partial charge in [0.1, 0.15) is 0 Å². The van der Waals surface area contributed by atoms with Crippen molar-refractivity contribution >= 4 is 57.4 Å². The van der Waals surface area contributed by atoms with E-state index in [0.717, 1.165) is 3.57 Å². The van der Waals surface area contributed by atoms with Gasteiger partial charge in [-0.2, -0.15) is 0 Å². The van der Waals surface area contributed by atoms with E-state index in [1.165, 1.54) is 6.92 Å². The van der Waals surface area contributed by atoms with Crippen molar-refractivity contribution in [2.75, 3.05) is 10.6 Å². The molecule has 0 aliphatic carbocycles. The number of nitrogens with one attached hydrogen (secondary N) is 2. The van der Waals surface area contributed by atoms with Crippen LogP contribution in [0.4, 0.5) is 11.4 Å². The second-order valence-electron chi connectivity index (χ2n) is 4.34. The molecule has 0 saturated heterocycles. The van der Waals surface area contributed by atoms with Crippen molar-refractivity contribution in [2.24, 2.45) is 0 Å². The summed E-state index contributed by atoms with van der Waals surface area (Å²) in [5.41, 5.74) is 1.63. The minimum absolute atomic E-state index is 0.179. The molecule has 2 rings (SSSR count). The topological polar surface area (TPSA) is 58.2 Å². The van der Waals surface area contributed by atoms with Crippen molar-refractivity contribution in [3.63, 3.8) is 0 Å². The van der Waals surface area contributed by atoms with Crippen LogP contribution in [0.15, 0.2) is 42.5 Å². The fourth-order valence-corrected chi connectivity index (χ4v) is 2.28. The Morgan fingerprint density at radius 2 is 1.71 bits per heavy atom. The number of benzene rings is 2. The van der Waals surface area contributed by atoms with E-state index in [2.05, 4.69) is 33.2 Å². The predicted octanol–water partition coefficient (Wildman–Crippen LogP) is 4.16. The van der Waals surface area contributed by atoms with Gasteiger partial charge >= 0.3 is 0 Å². The van der Waals surface area contributed by atoms with Crippen LogP contribution in [0.5, 0.6) is 0 Å². The molecule has 0 radical (unpaired) electrons. The lowest BCUT2D eigenvalue weighted by Crippen LogP contribution is -2.12. The Balaban J connectivity index is 2.14. The number of hydrogen-bond donors (Lipinski definition) is 2. The van der Waals surface area contributed by atoms with Crippen LogP contribution in [0.1, 0.15) is 17.3 Å². The first kappa shape index (κ1) is 15.8. The first-order chi connectivity index (χ1) is 9.95. The maximum atomic E-state index is 12.1. The lowest BCUT2D eigenvalue weighted by molar-refractivity contribution is -0.114. The molecule has 0 atom stereocenters. The molecule has 21 heavy (non-hydrogen) atoms. The molecule has 2 amide bonds. The van der Waals surface area contributed by atoms with Crippen molar-refractivity contribution in [2.45, 2.75) is 6.92 Å². The van der Waals surface area contributed by atoms with Gasteiger partial charge in [0, 0.05) is 21.7 Å². The smallest absolute Gasteiger partial charge is 0.255 e. The highest BCUT2D eigenvalue weighted by molar-refractivity contribution is 14.1. The van der Waals surface area contributed by atoms with E-state index >= 15 is 0 Å². The zero-order valence-electron chi connectivity index (χ0n) is 11.1. The van der Waals surface area contributed by atoms with Gasteiger partial charge in [0.15, 0.2) is 0 Å². The SMILES string of the molecule is CC(=O)Nc1ccc(NC(=O)c2ccc(I)cc2)c(Cl)c1. The normalized spacial score (nSPS) is 10.0. The molecular weight excluding hydrogens is 403 g/mol. The highest BCUT2D eigenvalue weighted by Gasteiger charge is 2.09. The number of rotatable bonds is 3. The average Bonchev–Trinajstić information content (AvgIpc) is 2.42. The van der Waals surface area contributed by atoms with E-state index in [0.29, 0.717) is 22.0 Å². The van der Waals surface area contributed by atoms with Crippen LogP contribution >= 0.6 is 34.2 Å². The fourth-order valence-electron chi connectivity index (χ4n) is 1.69. The second-order valence-corrected chi connectivity index (χ2v) is 5.99. The third-order valence-corrected chi connectivity index (χ3v) is 3.68. The minimum atomic E-state index is -0.236. The molecule has 0 aromatic heterocycles. The van der Waals surface area contributed by atoms with E-state index < -0.39 is 0 Å². The quantitative estimate of drug-likeness (QED) is 0.741. The molecule has 0 unspecified atom stereocenters. The molecule has 0 spiro atoms. The summed E-state index contributed by atoms with van der Waals surface area (Å²) >= 11 is 8.28. The summed E-state index contributed by atoms with van der Waals surface area (Å²) in [7, 11) is 0. The summed E-state index contributed by atoms with van der Waals surface area (Å²) in [6.07, 6.45) is 0. The molecule has 0 bridgehead atoms. The summed E-state index contributed by atoms with van der Waals surface area (Å²) in [5, 5.41) is 5.73. The van der Waals surface area contributed by atoms with Crippen LogP contribution in [0.2, 0.25) is 5.02 Å². The second kappa shape index (κ2) is 6.91. The number of hydrogen-bond acceptors (Lipinski definition) is 2. The number of amides is 2. The Morgan fingerprint density at radius 3 is 2.29 bits per heavy atom. The largest absolute Gasteiger partial charge is 0.326 e. The van der Waals surface area contributed by atoms with Gasteiger partial charge in [0.2, 0.25) is 5.91 Å². The van der Waals surface area contributed by atoms with Gasteiger partial charge in [-0.15, -0.1) is 0 Å². The molecule has 0 aliphatic heterocycles. The average molecular weight is 415 g/mol. The zero-order valence-corrected chi connectivity index (χ0v) is 14.0. The highest BCUT2D eigenvalue weighted by Crippen LogP contribution is 2.26. The molecule has 6 heteroatoms. The summed E-state index contributed by atoms with van der Waals surface area (Å²) < 4.78 is 1.06. The molecule has 0 aliphatic rings. The molecule has 4 nitrogen and oxygen atoms in total. The summed E-state index contributed by atoms with van der Waals surface area (Å²) in [6, 6.07) is 12.1. The molecule has 0 saturated carbocycles. The zero-order chi connectivity index (χ0) is 15.4. The van der Waals surface area contributed by atoms with Crippen LogP contribution in [-0.4, -0.2) is 11.8 Å². The van der Waals surface area contributed by atoms with Gasteiger partial charge in [0.05, 0.1) is 10.7 Å². The maximum Gasteiger partial charge on any atom is 0.255 e. The number of halogens is 2. The van der Waals surface area contributed by atoms with Gasteiger partial charge in [-0.3, -0.25) is 9.59 Å². The molecule has 2 aromatic rings. The van der Waals surface area contributed by atoms with Crippen LogP contribution in [0, 0.1) is 3.57 Å². The lowest BCUT2D eigenvalue weighted by Gasteiger charge is -2.09. The number of carbonyl (C=O) groups excluding carboxylic acids is 2. The number of anilines is 2. The van der Waals surface area contributed by atoms with Crippen molar-refractivity contribution in [3.05, 3.63) is 56.6 Å². The summed E-state index contributed by atoms with van der Waals surface area (Å²) in [5.74, 6) is -0.415. The van der Waals surface area contributed by atoms with Gasteiger partial charge < -0.3 is 10.6 Å². The van der Waals surface area contributed by atoms with Crippen molar-refractivity contribution < 1.29 is 9.59 Å². The molecular formula is C15H12ClIN2O2. The van der Waals surface area contributed by atoms with Crippen molar-refractivity contribution in [1.29, 1.82) is 0 Å². The minimum Gasteiger partial charge on any atom is -0.326 e.